The molecule has 4 aliphatic rings. The Morgan fingerprint density at radius 2 is 1.88 bits per heavy atom. The number of anilines is 2. The van der Waals surface area contributed by atoms with Crippen molar-refractivity contribution in [2.75, 3.05) is 36.0 Å². The van der Waals surface area contributed by atoms with Gasteiger partial charge in [-0.1, -0.05) is 6.07 Å². The first-order chi connectivity index (χ1) is 16.5. The number of piperidine rings is 1. The van der Waals surface area contributed by atoms with Gasteiger partial charge in [0.2, 0.25) is 17.8 Å². The molecule has 4 fully saturated rings. The minimum absolute atomic E-state index is 0.0507. The van der Waals surface area contributed by atoms with Crippen LogP contribution in [0.2, 0.25) is 0 Å². The van der Waals surface area contributed by atoms with Gasteiger partial charge in [-0.15, -0.1) is 0 Å². The maximum Gasteiger partial charge on any atom is 0.249 e. The number of pyridine rings is 1. The lowest BCUT2D eigenvalue weighted by Gasteiger charge is -2.34. The van der Waals surface area contributed by atoms with Crippen LogP contribution in [0.4, 0.5) is 11.8 Å². The summed E-state index contributed by atoms with van der Waals surface area (Å²) in [5.41, 5.74) is 1.87. The minimum atomic E-state index is -0.103. The lowest BCUT2D eigenvalue weighted by atomic mass is 9.95. The standard InChI is InChI=1S/C25H30N6O3/c1-17-2-3-19(16-27-17)20-7-15-34-31(20)22(32)18-5-12-29(13-6-18)24-26-11-4-21(28-24)30-14-10-25(8-9-25)23(30)33/h2-4,11,16,18,20H,5-10,12-15H2,1H3/t20-/m0/s1. The predicted octanol–water partition coefficient (Wildman–Crippen LogP) is 2.82. The topological polar surface area (TPSA) is 91.8 Å². The zero-order chi connectivity index (χ0) is 23.3. The Hall–Kier alpha value is -3.07. The first-order valence-corrected chi connectivity index (χ1v) is 12.3. The van der Waals surface area contributed by atoms with Gasteiger partial charge in [-0.3, -0.25) is 24.3 Å². The summed E-state index contributed by atoms with van der Waals surface area (Å²) in [5.74, 6) is 1.50. The fourth-order valence-corrected chi connectivity index (χ4v) is 5.47. The SMILES string of the molecule is Cc1ccc([C@@H]2CCON2C(=O)C2CCN(c3nccc(N4CCC5(CC5)C4=O)n3)CC2)cn1. The highest BCUT2D eigenvalue weighted by molar-refractivity contribution is 6.01. The summed E-state index contributed by atoms with van der Waals surface area (Å²) in [5, 5.41) is 1.58. The summed E-state index contributed by atoms with van der Waals surface area (Å²) in [6, 6.07) is 5.75. The molecule has 34 heavy (non-hydrogen) atoms. The second-order valence-electron chi connectivity index (χ2n) is 10.00. The highest BCUT2D eigenvalue weighted by atomic mass is 16.7. The largest absolute Gasteiger partial charge is 0.341 e. The van der Waals surface area contributed by atoms with Gasteiger partial charge in [0, 0.05) is 50.1 Å². The summed E-state index contributed by atoms with van der Waals surface area (Å²) in [6.07, 6.45) is 8.74. The molecule has 0 aromatic carbocycles. The summed E-state index contributed by atoms with van der Waals surface area (Å²) in [4.78, 5) is 49.3. The number of nitrogens with zero attached hydrogens (tertiary/aromatic N) is 6. The zero-order valence-corrected chi connectivity index (χ0v) is 19.5. The van der Waals surface area contributed by atoms with Crippen LogP contribution in [0.15, 0.2) is 30.6 Å². The third-order valence-electron chi connectivity index (χ3n) is 7.84. The van der Waals surface area contributed by atoms with Crippen molar-refractivity contribution in [2.45, 2.75) is 51.5 Å². The molecule has 0 radical (unpaired) electrons. The molecule has 1 spiro atoms. The molecule has 9 heteroatoms. The van der Waals surface area contributed by atoms with Crippen LogP contribution in [0.25, 0.3) is 0 Å². The van der Waals surface area contributed by atoms with E-state index in [0.29, 0.717) is 31.5 Å². The van der Waals surface area contributed by atoms with Gasteiger partial charge in [0.15, 0.2) is 0 Å². The molecule has 5 heterocycles. The monoisotopic (exact) mass is 462 g/mol. The maximum atomic E-state index is 13.3. The number of hydroxylamine groups is 2. The van der Waals surface area contributed by atoms with E-state index in [-0.39, 0.29) is 29.2 Å². The van der Waals surface area contributed by atoms with Gasteiger partial charge in [-0.2, -0.15) is 4.98 Å². The van der Waals surface area contributed by atoms with Crippen molar-refractivity contribution in [3.05, 3.63) is 41.9 Å². The number of aryl methyl sites for hydroxylation is 1. The molecule has 6 rings (SSSR count). The number of rotatable bonds is 4. The van der Waals surface area contributed by atoms with Crippen LogP contribution in [0.5, 0.6) is 0 Å². The summed E-state index contributed by atoms with van der Waals surface area (Å²) < 4.78 is 0. The van der Waals surface area contributed by atoms with Crippen molar-refractivity contribution in [3.8, 4) is 0 Å². The molecule has 0 N–H and O–H groups in total. The fraction of sp³-hybridized carbons (Fsp3) is 0.560. The van der Waals surface area contributed by atoms with Gasteiger partial charge in [0.25, 0.3) is 0 Å². The van der Waals surface area contributed by atoms with Crippen molar-refractivity contribution in [1.82, 2.24) is 20.0 Å². The first kappa shape index (κ1) is 21.5. The fourth-order valence-electron chi connectivity index (χ4n) is 5.47. The average molecular weight is 463 g/mol. The smallest absolute Gasteiger partial charge is 0.249 e. The van der Waals surface area contributed by atoms with Crippen LogP contribution < -0.4 is 9.80 Å². The second kappa shape index (κ2) is 8.30. The van der Waals surface area contributed by atoms with Gasteiger partial charge in [-0.05, 0) is 56.7 Å². The molecule has 0 unspecified atom stereocenters. The van der Waals surface area contributed by atoms with E-state index in [1.54, 1.807) is 11.3 Å². The third kappa shape index (κ3) is 3.72. The number of carbonyl (C=O) groups excluding carboxylic acids is 2. The Balaban J connectivity index is 1.10. The number of aromatic nitrogens is 3. The maximum absolute atomic E-state index is 13.3. The Morgan fingerprint density at radius 3 is 2.59 bits per heavy atom. The molecule has 2 aromatic rings. The average Bonchev–Trinajstić information content (AvgIpc) is 3.38. The van der Waals surface area contributed by atoms with E-state index in [9.17, 15) is 9.59 Å². The van der Waals surface area contributed by atoms with Crippen molar-refractivity contribution >= 4 is 23.6 Å². The predicted molar refractivity (Wildman–Crippen MR) is 125 cm³/mol. The van der Waals surface area contributed by atoms with Gasteiger partial charge in [0.1, 0.15) is 5.82 Å². The summed E-state index contributed by atoms with van der Waals surface area (Å²) in [6.45, 7) is 4.63. The van der Waals surface area contributed by atoms with E-state index in [0.717, 1.165) is 56.3 Å². The van der Waals surface area contributed by atoms with E-state index < -0.39 is 0 Å². The quantitative estimate of drug-likeness (QED) is 0.690. The van der Waals surface area contributed by atoms with Crippen molar-refractivity contribution in [1.29, 1.82) is 0 Å². The van der Waals surface area contributed by atoms with Gasteiger partial charge in [-0.25, -0.2) is 10.0 Å². The Bertz CT molecular complexity index is 1090. The molecule has 3 saturated heterocycles. The summed E-state index contributed by atoms with van der Waals surface area (Å²) >= 11 is 0. The van der Waals surface area contributed by atoms with Crippen LogP contribution in [-0.4, -0.2) is 58.1 Å². The Labute approximate surface area is 199 Å². The zero-order valence-electron chi connectivity index (χ0n) is 19.5. The third-order valence-corrected chi connectivity index (χ3v) is 7.84. The molecule has 1 atom stereocenters. The number of carbonyl (C=O) groups is 2. The van der Waals surface area contributed by atoms with Crippen LogP contribution >= 0.6 is 0 Å². The highest BCUT2D eigenvalue weighted by Gasteiger charge is 2.56. The molecular formula is C25H30N6O3. The number of hydrogen-bond donors (Lipinski definition) is 0. The van der Waals surface area contributed by atoms with Gasteiger partial charge < -0.3 is 4.90 Å². The Morgan fingerprint density at radius 1 is 1.06 bits per heavy atom. The molecular weight excluding hydrogens is 432 g/mol. The molecule has 2 aromatic heterocycles. The van der Waals surface area contributed by atoms with Crippen LogP contribution in [0.3, 0.4) is 0 Å². The van der Waals surface area contributed by atoms with Crippen molar-refractivity contribution in [3.63, 3.8) is 0 Å². The van der Waals surface area contributed by atoms with Crippen molar-refractivity contribution in [2.24, 2.45) is 11.3 Å². The van der Waals surface area contributed by atoms with E-state index in [1.165, 1.54) is 0 Å². The van der Waals surface area contributed by atoms with E-state index in [2.05, 4.69) is 14.9 Å². The molecule has 3 aliphatic heterocycles. The lowest BCUT2D eigenvalue weighted by Crippen LogP contribution is -2.42. The van der Waals surface area contributed by atoms with Gasteiger partial charge >= 0.3 is 0 Å². The summed E-state index contributed by atoms with van der Waals surface area (Å²) in [7, 11) is 0. The van der Waals surface area contributed by atoms with E-state index in [1.807, 2.05) is 36.2 Å². The molecule has 0 bridgehead atoms. The molecule has 2 amide bonds. The molecule has 1 saturated carbocycles. The number of hydrogen-bond acceptors (Lipinski definition) is 7. The molecule has 9 nitrogen and oxygen atoms in total. The van der Waals surface area contributed by atoms with Gasteiger partial charge in [0.05, 0.1) is 18.1 Å². The second-order valence-corrected chi connectivity index (χ2v) is 10.00. The van der Waals surface area contributed by atoms with E-state index in [4.69, 9.17) is 9.82 Å². The molecule has 178 valence electrons. The minimum Gasteiger partial charge on any atom is -0.341 e. The first-order valence-electron chi connectivity index (χ1n) is 12.3. The van der Waals surface area contributed by atoms with Crippen molar-refractivity contribution < 1.29 is 14.4 Å². The Kier molecular flexibility index (Phi) is 5.24. The lowest BCUT2D eigenvalue weighted by molar-refractivity contribution is -0.182. The van der Waals surface area contributed by atoms with Crippen LogP contribution in [0.1, 0.15) is 55.8 Å². The van der Waals surface area contributed by atoms with Crippen LogP contribution in [-0.2, 0) is 14.4 Å². The normalized spacial score (nSPS) is 24.3. The number of amides is 2. The highest BCUT2D eigenvalue weighted by Crippen LogP contribution is 2.54. The van der Waals surface area contributed by atoms with E-state index >= 15 is 0 Å². The molecule has 1 aliphatic carbocycles. The van der Waals surface area contributed by atoms with Crippen LogP contribution in [0, 0.1) is 18.3 Å².